The number of carboxylic acid groups (broad SMARTS) is 2. The Kier molecular flexibility index (Phi) is 4.87. The molecule has 1 aliphatic heterocycles. The summed E-state index contributed by atoms with van der Waals surface area (Å²) in [6.45, 7) is 0. The number of fused-ring (bicyclic) bond motifs is 1. The minimum absolute atomic E-state index is 0.0131. The number of nitrogen functional groups attached to an aromatic ring is 1. The molecule has 1 atom stereocenters. The van der Waals surface area contributed by atoms with Gasteiger partial charge in [-0.05, 0) is 35.8 Å². The summed E-state index contributed by atoms with van der Waals surface area (Å²) in [4.78, 5) is 35.4. The van der Waals surface area contributed by atoms with Gasteiger partial charge in [-0.2, -0.15) is 0 Å². The van der Waals surface area contributed by atoms with Gasteiger partial charge in [-0.15, -0.1) is 0 Å². The molecule has 7 heteroatoms. The van der Waals surface area contributed by atoms with Gasteiger partial charge < -0.3 is 20.7 Å². The molecule has 0 spiro atoms. The summed E-state index contributed by atoms with van der Waals surface area (Å²) < 4.78 is 5.98. The zero-order valence-electron chi connectivity index (χ0n) is 15.9. The molecule has 1 aliphatic carbocycles. The third-order valence-electron chi connectivity index (χ3n) is 5.33. The van der Waals surface area contributed by atoms with Gasteiger partial charge in [0.1, 0.15) is 11.5 Å². The fourth-order valence-electron chi connectivity index (χ4n) is 3.96. The smallest absolute Gasteiger partial charge is 0.335 e. The number of carboxylic acids is 2. The maximum atomic E-state index is 12.6. The lowest BCUT2D eigenvalue weighted by Gasteiger charge is -2.33. The van der Waals surface area contributed by atoms with E-state index in [9.17, 15) is 19.5 Å². The van der Waals surface area contributed by atoms with E-state index in [1.54, 1.807) is 42.5 Å². The van der Waals surface area contributed by atoms with E-state index in [0.717, 1.165) is 5.56 Å². The molecule has 0 bridgehead atoms. The van der Waals surface area contributed by atoms with E-state index in [4.69, 9.17) is 15.6 Å². The number of ether oxygens (including phenoxy) is 1. The highest BCUT2D eigenvalue weighted by Gasteiger charge is 2.36. The van der Waals surface area contributed by atoms with Crippen LogP contribution >= 0.6 is 0 Å². The van der Waals surface area contributed by atoms with Gasteiger partial charge in [0.25, 0.3) is 0 Å². The number of carbonyl (C=O) groups excluding carboxylic acids is 1. The Morgan fingerprint density at radius 2 is 1.87 bits per heavy atom. The molecule has 4 rings (SSSR count). The third kappa shape index (κ3) is 3.45. The van der Waals surface area contributed by atoms with Crippen LogP contribution in [0.2, 0.25) is 0 Å². The Balaban J connectivity index is 1.90. The summed E-state index contributed by atoms with van der Waals surface area (Å²) >= 11 is 0. The van der Waals surface area contributed by atoms with Gasteiger partial charge in [0.05, 0.1) is 12.0 Å². The number of aromatic carboxylic acids is 1. The highest BCUT2D eigenvalue weighted by Crippen LogP contribution is 2.47. The fourth-order valence-corrected chi connectivity index (χ4v) is 3.96. The largest absolute Gasteiger partial charge is 0.481 e. The molecule has 30 heavy (non-hydrogen) atoms. The quantitative estimate of drug-likeness (QED) is 0.650. The minimum Gasteiger partial charge on any atom is -0.481 e. The first-order valence-electron chi connectivity index (χ1n) is 9.43. The van der Waals surface area contributed by atoms with E-state index in [1.165, 1.54) is 6.07 Å². The minimum atomic E-state index is -1.06. The Morgan fingerprint density at radius 3 is 2.60 bits per heavy atom. The second-order valence-corrected chi connectivity index (χ2v) is 7.27. The second-order valence-electron chi connectivity index (χ2n) is 7.27. The zero-order chi connectivity index (χ0) is 21.4. The molecule has 0 saturated carbocycles. The van der Waals surface area contributed by atoms with Crippen molar-refractivity contribution in [1.82, 2.24) is 0 Å². The van der Waals surface area contributed by atoms with Gasteiger partial charge >= 0.3 is 11.9 Å². The maximum absolute atomic E-state index is 12.6. The number of nitrogens with two attached hydrogens (primary N) is 1. The van der Waals surface area contributed by atoms with E-state index in [0.29, 0.717) is 33.9 Å². The van der Waals surface area contributed by atoms with Crippen molar-refractivity contribution >= 4 is 23.4 Å². The van der Waals surface area contributed by atoms with Crippen LogP contribution in [0.5, 0.6) is 5.75 Å². The number of aliphatic carboxylic acids is 1. The molecule has 0 radical (unpaired) electrons. The van der Waals surface area contributed by atoms with Crippen molar-refractivity contribution in [1.29, 1.82) is 0 Å². The van der Waals surface area contributed by atoms with Crippen LogP contribution in [-0.4, -0.2) is 27.9 Å². The van der Waals surface area contributed by atoms with Crippen molar-refractivity contribution in [3.05, 3.63) is 82.1 Å². The van der Waals surface area contributed by atoms with Gasteiger partial charge in [-0.3, -0.25) is 9.59 Å². The van der Waals surface area contributed by atoms with Gasteiger partial charge in [-0.25, -0.2) is 4.79 Å². The molecule has 0 aromatic heterocycles. The molecular weight excluding hydrogens is 386 g/mol. The first-order valence-corrected chi connectivity index (χ1v) is 9.43. The van der Waals surface area contributed by atoms with Crippen molar-refractivity contribution in [2.24, 2.45) is 0 Å². The van der Waals surface area contributed by atoms with Crippen molar-refractivity contribution in [3.63, 3.8) is 0 Å². The monoisotopic (exact) mass is 405 g/mol. The lowest BCUT2D eigenvalue weighted by molar-refractivity contribution is -0.136. The highest BCUT2D eigenvalue weighted by molar-refractivity contribution is 5.99. The third-order valence-corrected chi connectivity index (χ3v) is 5.33. The number of benzene rings is 2. The van der Waals surface area contributed by atoms with E-state index >= 15 is 0 Å². The van der Waals surface area contributed by atoms with Crippen LogP contribution < -0.4 is 10.5 Å². The van der Waals surface area contributed by atoms with Gasteiger partial charge in [-0.1, -0.05) is 24.3 Å². The van der Waals surface area contributed by atoms with Crippen LogP contribution in [-0.2, 0) is 9.59 Å². The van der Waals surface area contributed by atoms with Crippen LogP contribution in [0.4, 0.5) is 5.69 Å². The molecule has 152 valence electrons. The molecule has 0 saturated heterocycles. The molecule has 0 amide bonds. The summed E-state index contributed by atoms with van der Waals surface area (Å²) in [5.41, 5.74) is 8.91. The normalized spacial score (nSPS) is 17.5. The van der Waals surface area contributed by atoms with Crippen LogP contribution in [0, 0.1) is 0 Å². The summed E-state index contributed by atoms with van der Waals surface area (Å²) in [5, 5.41) is 18.7. The van der Waals surface area contributed by atoms with E-state index in [-0.39, 0.29) is 30.6 Å². The van der Waals surface area contributed by atoms with E-state index in [2.05, 4.69) is 0 Å². The van der Waals surface area contributed by atoms with Crippen molar-refractivity contribution in [2.45, 2.75) is 25.2 Å². The van der Waals surface area contributed by atoms with Gasteiger partial charge in [0.2, 0.25) is 0 Å². The number of carbonyl (C=O) groups is 3. The highest BCUT2D eigenvalue weighted by atomic mass is 16.5. The molecule has 2 aliphatic rings. The van der Waals surface area contributed by atoms with Gasteiger partial charge in [0, 0.05) is 35.2 Å². The number of anilines is 1. The maximum Gasteiger partial charge on any atom is 0.335 e. The Labute approximate surface area is 172 Å². The van der Waals surface area contributed by atoms with Crippen molar-refractivity contribution in [2.75, 3.05) is 5.73 Å². The molecule has 4 N–H and O–H groups in total. The molecule has 1 heterocycles. The molecule has 2 aromatic rings. The molecular formula is C23H19NO6. The summed E-state index contributed by atoms with van der Waals surface area (Å²) in [5.74, 6) is -1.82. The lowest BCUT2D eigenvalue weighted by Crippen LogP contribution is -2.24. The van der Waals surface area contributed by atoms with Crippen LogP contribution in [0.15, 0.2) is 65.4 Å². The van der Waals surface area contributed by atoms with Gasteiger partial charge in [0.15, 0.2) is 5.78 Å². The summed E-state index contributed by atoms with van der Waals surface area (Å²) in [7, 11) is 0. The van der Waals surface area contributed by atoms with E-state index in [1.807, 2.05) is 0 Å². The Morgan fingerprint density at radius 1 is 1.10 bits per heavy atom. The Bertz CT molecular complexity index is 1140. The van der Waals surface area contributed by atoms with Crippen LogP contribution in [0.1, 0.15) is 46.7 Å². The SMILES string of the molecule is Nc1ccc2c(c1)OC1=C(C=C(CCC(=O)O)C(=O)C1)C2c1ccccc1C(=O)O. The fraction of sp³-hybridized carbons (Fsp3) is 0.174. The number of ketones is 1. The van der Waals surface area contributed by atoms with Crippen molar-refractivity contribution < 1.29 is 29.3 Å². The number of Topliss-reactive ketones (excluding diaryl/α,β-unsaturated/α-hetero) is 1. The zero-order valence-corrected chi connectivity index (χ0v) is 15.9. The standard InChI is InChI=1S/C23H19NO6/c24-13-6-7-16-19(10-13)30-20-11-18(25)12(5-8-21(26)27)9-17(20)22(16)14-3-1-2-4-15(14)23(28)29/h1-4,6-7,9-10,22H,5,8,11,24H2,(H,26,27)(H,28,29). The number of rotatable bonds is 5. The molecule has 0 fully saturated rings. The first-order chi connectivity index (χ1) is 14.3. The Hall–Kier alpha value is -3.87. The summed E-state index contributed by atoms with van der Waals surface area (Å²) in [6.07, 6.45) is 1.59. The first kappa shape index (κ1) is 19.4. The second kappa shape index (κ2) is 7.51. The number of allylic oxidation sites excluding steroid dienone is 4. The topological polar surface area (TPSA) is 127 Å². The van der Waals surface area contributed by atoms with Crippen LogP contribution in [0.3, 0.4) is 0 Å². The van der Waals surface area contributed by atoms with Crippen LogP contribution in [0.25, 0.3) is 0 Å². The van der Waals surface area contributed by atoms with E-state index < -0.39 is 17.9 Å². The number of hydrogen-bond donors (Lipinski definition) is 3. The predicted octanol–water partition coefficient (Wildman–Crippen LogP) is 3.51. The lowest BCUT2D eigenvalue weighted by atomic mass is 9.76. The predicted molar refractivity (Wildman–Crippen MR) is 108 cm³/mol. The molecule has 7 nitrogen and oxygen atoms in total. The van der Waals surface area contributed by atoms with Crippen molar-refractivity contribution in [3.8, 4) is 5.75 Å². The average molecular weight is 405 g/mol. The summed E-state index contributed by atoms with van der Waals surface area (Å²) in [6, 6.07) is 11.9. The average Bonchev–Trinajstić information content (AvgIpc) is 2.70. The molecule has 1 unspecified atom stereocenters. The number of hydrogen-bond acceptors (Lipinski definition) is 5. The molecule has 2 aromatic carbocycles.